The molecular formula is C47H75NO16. The van der Waals surface area contributed by atoms with Crippen molar-refractivity contribution in [2.45, 2.75) is 193 Å². The van der Waals surface area contributed by atoms with Crippen molar-refractivity contribution in [3.63, 3.8) is 0 Å². The summed E-state index contributed by atoms with van der Waals surface area (Å²) in [5.41, 5.74) is -4.38. The van der Waals surface area contributed by atoms with E-state index in [0.29, 0.717) is 6.42 Å². The van der Waals surface area contributed by atoms with E-state index < -0.39 is 120 Å². The minimum Gasteiger partial charge on any atom is -0.459 e. The van der Waals surface area contributed by atoms with Crippen molar-refractivity contribution in [2.24, 2.45) is 23.7 Å². The number of rotatable bonds is 11. The van der Waals surface area contributed by atoms with E-state index in [4.69, 9.17) is 42.6 Å². The number of benzene rings is 1. The summed E-state index contributed by atoms with van der Waals surface area (Å²) in [4.78, 5) is 56.0. The number of nitrogens with zero attached hydrogens (tertiary/aromatic N) is 1. The maximum atomic E-state index is 14.4. The number of aliphatic hydroxyl groups excluding tert-OH is 1. The van der Waals surface area contributed by atoms with E-state index in [0.717, 1.165) is 5.56 Å². The molecule has 3 N–H and O–H groups in total. The first-order valence-electron chi connectivity index (χ1n) is 22.5. The van der Waals surface area contributed by atoms with Crippen LogP contribution in [0.15, 0.2) is 30.3 Å². The number of hydrogen-bond donors (Lipinski definition) is 3. The molecule has 0 unspecified atom stereocenters. The predicted octanol–water partition coefficient (Wildman–Crippen LogP) is 4.72. The molecule has 17 nitrogen and oxygen atoms in total. The SMILES string of the molecule is CC[C@H]1OC(=O)[C@H](C)[C@@H](O[C@H]2C[C@@](C)(OC)[C@@H](OC(=O)OCc3ccccc3)[C@H](C)O2)[C@H](C)[C@@H](O[C@@H]2O[C@H](C)C[C@H](N(C)C)[C@H]2OC(C)=O)[C@@](C)(O)C[C@@H](C)C(=O)[C@H](C)[C@@H](O)[C@]1(C)O. The maximum absolute atomic E-state index is 14.4. The maximum Gasteiger partial charge on any atom is 0.509 e. The second kappa shape index (κ2) is 22.0. The molecular weight excluding hydrogens is 835 g/mol. The normalized spacial score (nSPS) is 41.7. The summed E-state index contributed by atoms with van der Waals surface area (Å²) in [6, 6.07) is 8.78. The van der Waals surface area contributed by atoms with Gasteiger partial charge in [-0.25, -0.2) is 4.79 Å². The highest BCUT2D eigenvalue weighted by molar-refractivity contribution is 5.83. The number of aliphatic hydroxyl groups is 3. The Kier molecular flexibility index (Phi) is 18.4. The number of carbonyl (C=O) groups excluding carboxylic acids is 4. The van der Waals surface area contributed by atoms with E-state index in [1.165, 1.54) is 34.8 Å². The molecule has 0 aromatic heterocycles. The summed E-state index contributed by atoms with van der Waals surface area (Å²) < 4.78 is 55.5. The van der Waals surface area contributed by atoms with Gasteiger partial charge in [0.05, 0.1) is 48.1 Å². The quantitative estimate of drug-likeness (QED) is 0.202. The first kappa shape index (κ1) is 53.4. The van der Waals surface area contributed by atoms with E-state index in [1.54, 1.807) is 41.5 Å². The lowest BCUT2D eigenvalue weighted by atomic mass is 9.74. The average Bonchev–Trinajstić information content (AvgIpc) is 3.23. The van der Waals surface area contributed by atoms with Crippen LogP contribution in [0.5, 0.6) is 0 Å². The molecule has 0 saturated carbocycles. The van der Waals surface area contributed by atoms with Gasteiger partial charge in [0.2, 0.25) is 0 Å². The second-order valence-corrected chi connectivity index (χ2v) is 19.2. The molecule has 0 radical (unpaired) electrons. The van der Waals surface area contributed by atoms with Crippen molar-refractivity contribution in [1.82, 2.24) is 4.90 Å². The highest BCUT2D eigenvalue weighted by atomic mass is 16.8. The third-order valence-corrected chi connectivity index (χ3v) is 13.5. The lowest BCUT2D eigenvalue weighted by Crippen LogP contribution is -2.62. The Morgan fingerprint density at radius 2 is 1.52 bits per heavy atom. The molecule has 3 heterocycles. The fraction of sp³-hybridized carbons (Fsp3) is 0.787. The van der Waals surface area contributed by atoms with E-state index in [9.17, 15) is 34.5 Å². The Hall–Kier alpha value is -3.26. The Balaban J connectivity index is 1.79. The number of hydrogen-bond acceptors (Lipinski definition) is 17. The van der Waals surface area contributed by atoms with Crippen molar-refractivity contribution in [1.29, 1.82) is 0 Å². The van der Waals surface area contributed by atoms with Crippen LogP contribution in [0, 0.1) is 23.7 Å². The summed E-state index contributed by atoms with van der Waals surface area (Å²) in [6.07, 6.45) is -11.4. The molecule has 18 atom stereocenters. The molecule has 1 aromatic rings. The van der Waals surface area contributed by atoms with Crippen LogP contribution in [0.25, 0.3) is 0 Å². The van der Waals surface area contributed by atoms with Crippen LogP contribution in [-0.4, -0.2) is 150 Å². The van der Waals surface area contributed by atoms with Gasteiger partial charge in [-0.1, -0.05) is 58.0 Å². The monoisotopic (exact) mass is 910 g/mol. The molecule has 64 heavy (non-hydrogen) atoms. The first-order valence-corrected chi connectivity index (χ1v) is 22.5. The van der Waals surface area contributed by atoms with Gasteiger partial charge in [0.25, 0.3) is 0 Å². The molecule has 17 heteroatoms. The fourth-order valence-electron chi connectivity index (χ4n) is 9.78. The van der Waals surface area contributed by atoms with Gasteiger partial charge in [-0.05, 0) is 80.5 Å². The van der Waals surface area contributed by atoms with Crippen LogP contribution < -0.4 is 0 Å². The van der Waals surface area contributed by atoms with E-state index in [-0.39, 0.29) is 38.0 Å². The molecule has 4 rings (SSSR count). The largest absolute Gasteiger partial charge is 0.509 e. The van der Waals surface area contributed by atoms with Gasteiger partial charge in [-0.3, -0.25) is 14.4 Å². The standard InChI is InChI=1S/C47H75NO16/c1-15-34-47(11,55)39(51)27(4)36(50)25(2)22-45(9,54)40(63-43-38(60-31(8)49)33(48(12)13)21-26(3)58-43)28(5)37(29(6)42(52)61-34)62-35-23-46(10,56-14)41(30(7)59-35)64-44(53)57-24-32-19-17-16-18-20-32/h16-20,25-30,33-35,37-41,43,51,54-55H,15,21-24H2,1-14H3/t25-,26-,27+,28+,29-,30+,33+,34-,35+,37+,38-,39-,40-,41+,43+,45+,46-,47-/m1/s1. The van der Waals surface area contributed by atoms with Gasteiger partial charge in [0.1, 0.15) is 29.7 Å². The van der Waals surface area contributed by atoms with Crippen molar-refractivity contribution in [3.05, 3.63) is 35.9 Å². The van der Waals surface area contributed by atoms with Crippen LogP contribution in [0.3, 0.4) is 0 Å². The minimum atomic E-state index is -2.05. The van der Waals surface area contributed by atoms with Gasteiger partial charge >= 0.3 is 18.1 Å². The van der Waals surface area contributed by atoms with Crippen LogP contribution in [0.1, 0.15) is 107 Å². The zero-order valence-corrected chi connectivity index (χ0v) is 40.2. The number of methoxy groups -OCH3 is 1. The van der Waals surface area contributed by atoms with Gasteiger partial charge in [-0.2, -0.15) is 0 Å². The predicted molar refractivity (Wildman–Crippen MR) is 231 cm³/mol. The van der Waals surface area contributed by atoms with Crippen molar-refractivity contribution in [2.75, 3.05) is 21.2 Å². The molecule has 3 aliphatic heterocycles. The third-order valence-electron chi connectivity index (χ3n) is 13.5. The molecule has 364 valence electrons. The third kappa shape index (κ3) is 12.6. The number of ketones is 1. The van der Waals surface area contributed by atoms with E-state index in [2.05, 4.69) is 0 Å². The Bertz CT molecular complexity index is 1710. The number of Topliss-reactive ketones (excluding diaryl/α,β-unsaturated/α-hetero) is 1. The zero-order chi connectivity index (χ0) is 48.1. The number of cyclic esters (lactones) is 1. The van der Waals surface area contributed by atoms with E-state index >= 15 is 0 Å². The van der Waals surface area contributed by atoms with Crippen LogP contribution in [0.4, 0.5) is 4.79 Å². The topological polar surface area (TPSA) is 215 Å². The number of esters is 2. The van der Waals surface area contributed by atoms with Gasteiger partial charge < -0.3 is 62.9 Å². The summed E-state index contributed by atoms with van der Waals surface area (Å²) in [5.74, 6) is -5.95. The summed E-state index contributed by atoms with van der Waals surface area (Å²) in [5, 5.41) is 36.0. The van der Waals surface area contributed by atoms with Crippen molar-refractivity contribution in [3.8, 4) is 0 Å². The molecule has 0 amide bonds. The van der Waals surface area contributed by atoms with E-state index in [1.807, 2.05) is 56.3 Å². The number of ether oxygens (including phenoxy) is 9. The molecule has 0 spiro atoms. The molecule has 0 bridgehead atoms. The van der Waals surface area contributed by atoms with Crippen molar-refractivity contribution < 1.29 is 77.1 Å². The minimum absolute atomic E-state index is 0.0123. The Morgan fingerprint density at radius 3 is 2.09 bits per heavy atom. The lowest BCUT2D eigenvalue weighted by Gasteiger charge is -2.49. The van der Waals surface area contributed by atoms with Crippen molar-refractivity contribution >= 4 is 23.9 Å². The smallest absolute Gasteiger partial charge is 0.459 e. The molecule has 0 aliphatic carbocycles. The molecule has 1 aromatic carbocycles. The summed E-state index contributed by atoms with van der Waals surface area (Å²) in [7, 11) is 5.16. The zero-order valence-electron chi connectivity index (χ0n) is 40.2. The lowest BCUT2D eigenvalue weighted by molar-refractivity contribution is -0.319. The molecule has 3 saturated heterocycles. The van der Waals surface area contributed by atoms with Gasteiger partial charge in [-0.15, -0.1) is 0 Å². The fourth-order valence-corrected chi connectivity index (χ4v) is 9.78. The highest BCUT2D eigenvalue weighted by Gasteiger charge is 2.55. The van der Waals surface area contributed by atoms with Gasteiger partial charge in [0, 0.05) is 38.2 Å². The molecule has 3 aliphatic rings. The number of carbonyl (C=O) groups is 4. The number of likely N-dealkylation sites (N-methyl/N-ethyl adjacent to an activating group) is 1. The second-order valence-electron chi connectivity index (χ2n) is 19.2. The van der Waals surface area contributed by atoms with Crippen LogP contribution in [-0.2, 0) is 63.6 Å². The van der Waals surface area contributed by atoms with Crippen LogP contribution in [0.2, 0.25) is 0 Å². The van der Waals surface area contributed by atoms with Crippen LogP contribution >= 0.6 is 0 Å². The molecule has 3 fully saturated rings. The Labute approximate surface area is 378 Å². The Morgan fingerprint density at radius 1 is 0.875 bits per heavy atom. The first-order chi connectivity index (χ1) is 29.8. The average molecular weight is 910 g/mol. The van der Waals surface area contributed by atoms with Gasteiger partial charge in [0.15, 0.2) is 24.8 Å². The summed E-state index contributed by atoms with van der Waals surface area (Å²) in [6.45, 7) is 17.5. The summed E-state index contributed by atoms with van der Waals surface area (Å²) >= 11 is 0. The highest BCUT2D eigenvalue weighted by Crippen LogP contribution is 2.42.